The molecule has 0 bridgehead atoms. The summed E-state index contributed by atoms with van der Waals surface area (Å²) in [6.45, 7) is 5.68. The van der Waals surface area contributed by atoms with Crippen molar-refractivity contribution in [2.24, 2.45) is 5.73 Å². The van der Waals surface area contributed by atoms with E-state index in [0.29, 0.717) is 39.8 Å². The first kappa shape index (κ1) is 90.1. The SMILES string of the molecule is CCc1cc(OC)ccc1-c1ccc(C[C@H](NC(=O)[C@H](CC(=O)O)NC(=O)[C@H](CO)NC(=O)[C@@H](NC(=O)C(C)(Cc2ccccc2F)NC(=O)[C@@H](NC(=O)CNC(=O)[C@H](CCC(=O)O)NC(=O)C2(C)CCCN2C(=O)[C@H](Cc2cnc[nH]2)NC(=O)OC)[C@@H](C)O)[C@@H](C)O)C(=O)N[C@@H](CCOc2ccc(Cl)cc2C)C(N)=O)cc1. The number of ether oxygens (including phenoxy) is 3. The van der Waals surface area contributed by atoms with Gasteiger partial charge >= 0.3 is 18.0 Å². The minimum absolute atomic E-state index is 0.0133. The fourth-order valence-corrected chi connectivity index (χ4v) is 12.6. The molecule has 4 aromatic carbocycles. The van der Waals surface area contributed by atoms with Crippen molar-refractivity contribution in [2.45, 2.75) is 177 Å². The van der Waals surface area contributed by atoms with E-state index in [2.05, 4.69) is 63.1 Å². The van der Waals surface area contributed by atoms with Crippen LogP contribution >= 0.6 is 11.6 Å². The predicted molar refractivity (Wildman–Crippen MR) is 401 cm³/mol. The Hall–Kier alpha value is -11.8. The van der Waals surface area contributed by atoms with Crippen LogP contribution in [0, 0.1) is 12.7 Å². The van der Waals surface area contributed by atoms with Gasteiger partial charge in [-0.3, -0.25) is 62.3 Å². The highest BCUT2D eigenvalue weighted by molar-refractivity contribution is 6.30. The number of nitrogens with one attached hydrogen (secondary N) is 11. The van der Waals surface area contributed by atoms with Crippen molar-refractivity contribution in [2.75, 3.05) is 40.5 Å². The number of nitrogens with two attached hydrogens (primary N) is 1. The number of aryl methyl sites for hydroxylation is 2. The Morgan fingerprint density at radius 2 is 1.36 bits per heavy atom. The Labute approximate surface area is 653 Å². The molecule has 12 amide bonds. The largest absolute Gasteiger partial charge is 0.497 e. The number of aromatic nitrogens is 2. The number of halogens is 2. The zero-order valence-corrected chi connectivity index (χ0v) is 64.1. The highest BCUT2D eigenvalue weighted by atomic mass is 35.5. The average molecular weight is 1600 g/mol. The molecular formula is C75H96ClFN14O22. The Morgan fingerprint density at radius 3 is 1.96 bits per heavy atom. The van der Waals surface area contributed by atoms with Crippen LogP contribution in [0.25, 0.3) is 11.1 Å². The number of rotatable bonds is 42. The number of benzene rings is 4. The third kappa shape index (κ3) is 25.9. The van der Waals surface area contributed by atoms with E-state index in [9.17, 15) is 92.7 Å². The van der Waals surface area contributed by atoms with Crippen LogP contribution in [0.2, 0.25) is 5.02 Å². The van der Waals surface area contributed by atoms with Crippen molar-refractivity contribution in [3.63, 3.8) is 0 Å². The summed E-state index contributed by atoms with van der Waals surface area (Å²) < 4.78 is 31.5. The van der Waals surface area contributed by atoms with E-state index >= 15 is 4.39 Å². The summed E-state index contributed by atoms with van der Waals surface area (Å²) in [6, 6.07) is 7.63. The van der Waals surface area contributed by atoms with Crippen LogP contribution in [0.5, 0.6) is 11.5 Å². The number of likely N-dealkylation sites (tertiary alicyclic amines) is 1. The zero-order valence-electron chi connectivity index (χ0n) is 63.3. The first-order chi connectivity index (χ1) is 53.4. The van der Waals surface area contributed by atoms with Gasteiger partial charge in [0, 0.05) is 55.6 Å². The number of aliphatic carboxylic acids is 2. The molecular weight excluding hydrogens is 1500 g/mol. The number of hydrogen-bond donors (Lipinski definition) is 17. The molecule has 12 atom stereocenters. The number of hydrogen-bond acceptors (Lipinski definition) is 21. The molecule has 1 aliphatic heterocycles. The number of alkyl carbamates (subject to hydrolysis) is 1. The number of aromatic amines is 1. The molecule has 0 aliphatic carbocycles. The minimum atomic E-state index is -2.45. The Balaban J connectivity index is 1.17. The number of aliphatic hydroxyl groups excluding tert-OH is 3. The fraction of sp³-hybridized carbons (Fsp3) is 0.453. The molecule has 1 saturated heterocycles. The molecule has 2 heterocycles. The van der Waals surface area contributed by atoms with E-state index in [4.69, 9.17) is 31.5 Å². The molecule has 0 spiro atoms. The van der Waals surface area contributed by atoms with Gasteiger partial charge in [-0.15, -0.1) is 0 Å². The summed E-state index contributed by atoms with van der Waals surface area (Å²) in [5.74, 6) is -15.8. The highest BCUT2D eigenvalue weighted by Crippen LogP contribution is 2.32. The molecule has 1 fully saturated rings. The molecule has 113 heavy (non-hydrogen) atoms. The van der Waals surface area contributed by atoms with E-state index in [-0.39, 0.29) is 50.8 Å². The van der Waals surface area contributed by atoms with Gasteiger partial charge < -0.3 is 109 Å². The summed E-state index contributed by atoms with van der Waals surface area (Å²) in [7, 11) is 2.62. The third-order valence-corrected chi connectivity index (χ3v) is 18.9. The lowest BCUT2D eigenvalue weighted by molar-refractivity contribution is -0.146. The lowest BCUT2D eigenvalue weighted by Gasteiger charge is -2.37. The summed E-state index contributed by atoms with van der Waals surface area (Å²) in [5.41, 5.74) is 5.49. The van der Waals surface area contributed by atoms with Crippen LogP contribution in [0.1, 0.15) is 101 Å². The van der Waals surface area contributed by atoms with Crippen molar-refractivity contribution in [3.8, 4) is 22.6 Å². The topological polar surface area (TPSA) is 546 Å². The minimum Gasteiger partial charge on any atom is -0.497 e. The maximum Gasteiger partial charge on any atom is 0.407 e. The highest BCUT2D eigenvalue weighted by Gasteiger charge is 2.49. The van der Waals surface area contributed by atoms with Gasteiger partial charge in [-0.05, 0) is 130 Å². The van der Waals surface area contributed by atoms with Gasteiger partial charge in [-0.2, -0.15) is 0 Å². The number of primary amides is 1. The molecule has 6 rings (SSSR count). The first-order valence-electron chi connectivity index (χ1n) is 35.9. The molecule has 38 heteroatoms. The maximum atomic E-state index is 15.5. The number of aliphatic hydroxyl groups is 3. The standard InChI is InChI=1S/C75H96ClFN14O22/c1-9-43-31-48(111-7)20-21-49(43)44-17-15-42(16-18-44)30-53(65(102)82-51(63(78)100)25-28-113-57-23-19-46(76)29-39(57)2)83-66(103)54(33-60(98)99)84-67(104)56(37-92)85-68(105)61(40(3)93)89-71(108)74(5,34-45-13-10-11-14-50(45)77)90-69(106)62(41(4)94)88-58(95)36-80-64(101)52(22-24-59(96)97)86-72(109)75(6)26-12-27-91(75)70(107)55(87-73(110)112-8)32-47-35-79-38-81-47/h10-11,13-21,23,29,31,35,38,40-41,51-56,61-62,92-94H,9,12,22,24-28,30,32-34,36-37H2,1-8H3,(H2,78,100)(H,79,81)(H,80,101)(H,82,102)(H,83,103)(H,84,104)(H,85,105)(H,86,109)(H,87,110)(H,88,95)(H,89,108)(H,90,106)(H,96,97)(H,98,99)/t40-,41-,51+,52+,53+,54+,55+,56+,61+,62+,74?,75?/m1/s1. The van der Waals surface area contributed by atoms with Crippen molar-refractivity contribution >= 4 is 94.6 Å². The van der Waals surface area contributed by atoms with Crippen LogP contribution < -0.4 is 68.4 Å². The van der Waals surface area contributed by atoms with Crippen molar-refractivity contribution < 1.29 is 111 Å². The van der Waals surface area contributed by atoms with Crippen LogP contribution in [-0.4, -0.2) is 236 Å². The van der Waals surface area contributed by atoms with Crippen molar-refractivity contribution in [3.05, 3.63) is 136 Å². The molecule has 612 valence electrons. The Morgan fingerprint density at radius 1 is 0.717 bits per heavy atom. The van der Waals surface area contributed by atoms with Crippen LogP contribution in [0.3, 0.4) is 0 Å². The smallest absolute Gasteiger partial charge is 0.407 e. The van der Waals surface area contributed by atoms with E-state index < -0.39 is 199 Å². The molecule has 1 aliphatic rings. The third-order valence-electron chi connectivity index (χ3n) is 18.7. The van der Waals surface area contributed by atoms with Gasteiger partial charge in [0.15, 0.2) is 0 Å². The number of methoxy groups -OCH3 is 2. The number of carboxylic acids is 2. The molecule has 5 aromatic rings. The molecule has 2 unspecified atom stereocenters. The second kappa shape index (κ2) is 42.0. The fourth-order valence-electron chi connectivity index (χ4n) is 12.3. The monoisotopic (exact) mass is 1600 g/mol. The number of imidazole rings is 1. The normalized spacial score (nSPS) is 16.3. The molecule has 18 N–H and O–H groups in total. The van der Waals surface area contributed by atoms with Crippen molar-refractivity contribution in [1.82, 2.24) is 68.0 Å². The second-order valence-electron chi connectivity index (χ2n) is 27.3. The number of nitrogens with zero attached hydrogens (tertiary/aromatic N) is 2. The molecule has 0 saturated carbocycles. The Kier molecular flexibility index (Phi) is 33.5. The Bertz CT molecular complexity index is 4250. The summed E-state index contributed by atoms with van der Waals surface area (Å²) >= 11 is 6.10. The number of amides is 12. The average Bonchev–Trinajstić information content (AvgIpc) is 1.60. The summed E-state index contributed by atoms with van der Waals surface area (Å²) in [5, 5.41) is 75.9. The van der Waals surface area contributed by atoms with Crippen molar-refractivity contribution in [1.29, 1.82) is 0 Å². The molecule has 0 radical (unpaired) electrons. The maximum absolute atomic E-state index is 15.5. The number of carboxylic acid groups (broad SMARTS) is 2. The van der Waals surface area contributed by atoms with Gasteiger partial charge in [-0.1, -0.05) is 67.1 Å². The van der Waals surface area contributed by atoms with E-state index in [1.54, 1.807) is 55.5 Å². The van der Waals surface area contributed by atoms with Gasteiger partial charge in [0.2, 0.25) is 65.0 Å². The summed E-state index contributed by atoms with van der Waals surface area (Å²) in [6.07, 6.45) is -4.83. The second-order valence-corrected chi connectivity index (χ2v) is 27.8. The first-order valence-corrected chi connectivity index (χ1v) is 36.3. The quantitative estimate of drug-likeness (QED) is 0.0230. The lowest BCUT2D eigenvalue weighted by atomic mass is 9.90. The number of carbonyl (C=O) groups excluding carboxylic acids is 12. The predicted octanol–water partition coefficient (Wildman–Crippen LogP) is -0.685. The molecule has 36 nitrogen and oxygen atoms in total. The van der Waals surface area contributed by atoms with Crippen LogP contribution in [-0.2, 0) is 92.7 Å². The lowest BCUT2D eigenvalue weighted by Crippen LogP contribution is -2.67. The zero-order chi connectivity index (χ0) is 83.6. The van der Waals surface area contributed by atoms with Gasteiger partial charge in [0.1, 0.15) is 76.7 Å². The van der Waals surface area contributed by atoms with E-state index in [0.717, 1.165) is 50.6 Å². The van der Waals surface area contributed by atoms with E-state index in [1.807, 2.05) is 19.1 Å². The van der Waals surface area contributed by atoms with E-state index in [1.165, 1.54) is 49.7 Å². The molecule has 1 aromatic heterocycles. The number of carbonyl (C=O) groups is 14. The summed E-state index contributed by atoms with van der Waals surface area (Å²) in [4.78, 5) is 199. The van der Waals surface area contributed by atoms with Gasteiger partial charge in [0.05, 0.1) is 58.9 Å². The van der Waals surface area contributed by atoms with Crippen LogP contribution in [0.4, 0.5) is 9.18 Å². The van der Waals surface area contributed by atoms with Gasteiger partial charge in [0.25, 0.3) is 0 Å². The number of H-pyrrole nitrogens is 1. The van der Waals surface area contributed by atoms with Crippen LogP contribution in [0.15, 0.2) is 97.5 Å². The van der Waals surface area contributed by atoms with Gasteiger partial charge in [-0.25, -0.2) is 14.2 Å².